The molecular weight excluding hydrogens is 336 g/mol. The van der Waals surface area contributed by atoms with Gasteiger partial charge in [0.1, 0.15) is 5.60 Å². The average molecular weight is 365 g/mol. The Hall–Kier alpha value is -1.69. The highest BCUT2D eigenvalue weighted by Crippen LogP contribution is 2.33. The molecule has 0 aliphatic carbocycles. The average Bonchev–Trinajstić information content (AvgIpc) is 3.07. The number of thioether (sulfide) groups is 1. The Kier molecular flexibility index (Phi) is 6.03. The van der Waals surface area contributed by atoms with E-state index in [1.807, 2.05) is 62.9 Å². The number of carbonyl (C=O) groups is 2. The van der Waals surface area contributed by atoms with Crippen LogP contribution in [0.2, 0.25) is 0 Å². The minimum atomic E-state index is -0.770. The molecule has 6 heteroatoms. The Bertz CT molecular complexity index is 609. The fourth-order valence-electron chi connectivity index (χ4n) is 2.76. The molecule has 2 rings (SSSR count). The molecule has 2 amide bonds. The van der Waals surface area contributed by atoms with Crippen LogP contribution in [0.5, 0.6) is 0 Å². The maximum Gasteiger partial charge on any atom is 0.410 e. The fourth-order valence-corrected chi connectivity index (χ4v) is 3.73. The van der Waals surface area contributed by atoms with E-state index < -0.39 is 17.2 Å². The lowest BCUT2D eigenvalue weighted by Gasteiger charge is -2.40. The summed E-state index contributed by atoms with van der Waals surface area (Å²) >= 11 is 1.75. The maximum atomic E-state index is 12.8. The molecule has 0 bridgehead atoms. The first-order chi connectivity index (χ1) is 11.6. The van der Waals surface area contributed by atoms with E-state index >= 15 is 0 Å². The summed E-state index contributed by atoms with van der Waals surface area (Å²) in [5, 5.41) is 0. The first-order valence-corrected chi connectivity index (χ1v) is 9.67. The van der Waals surface area contributed by atoms with E-state index in [0.29, 0.717) is 0 Å². The van der Waals surface area contributed by atoms with Crippen molar-refractivity contribution in [3.8, 4) is 0 Å². The topological polar surface area (TPSA) is 49.9 Å². The molecule has 0 radical (unpaired) electrons. The van der Waals surface area contributed by atoms with Gasteiger partial charge in [-0.1, -0.05) is 30.3 Å². The lowest BCUT2D eigenvalue weighted by molar-refractivity contribution is -0.132. The van der Waals surface area contributed by atoms with Gasteiger partial charge in [0.05, 0.1) is 17.8 Å². The highest BCUT2D eigenvalue weighted by molar-refractivity contribution is 7.99. The van der Waals surface area contributed by atoms with Crippen molar-refractivity contribution in [1.29, 1.82) is 0 Å². The van der Waals surface area contributed by atoms with Gasteiger partial charge in [0.2, 0.25) is 5.91 Å². The quantitative estimate of drug-likeness (QED) is 0.817. The molecule has 0 saturated carbocycles. The summed E-state index contributed by atoms with van der Waals surface area (Å²) in [6.07, 6.45) is -0.199. The number of ether oxygens (including phenoxy) is 1. The van der Waals surface area contributed by atoms with E-state index in [9.17, 15) is 9.59 Å². The van der Waals surface area contributed by atoms with E-state index in [0.717, 1.165) is 23.7 Å². The molecule has 1 aliphatic rings. The predicted molar refractivity (Wildman–Crippen MR) is 101 cm³/mol. The molecule has 1 aromatic carbocycles. The number of nitrogens with zero attached hydrogens (tertiary/aromatic N) is 2. The molecule has 138 valence electrons. The van der Waals surface area contributed by atoms with Crippen LogP contribution >= 0.6 is 11.8 Å². The van der Waals surface area contributed by atoms with Gasteiger partial charge in [-0.3, -0.25) is 4.79 Å². The van der Waals surface area contributed by atoms with Crippen molar-refractivity contribution in [2.75, 3.05) is 25.2 Å². The van der Waals surface area contributed by atoms with Crippen LogP contribution in [0.4, 0.5) is 4.79 Å². The van der Waals surface area contributed by atoms with Crippen LogP contribution < -0.4 is 0 Å². The summed E-state index contributed by atoms with van der Waals surface area (Å²) in [4.78, 5) is 28.8. The Morgan fingerprint density at radius 1 is 1.20 bits per heavy atom. The van der Waals surface area contributed by atoms with E-state index in [-0.39, 0.29) is 12.3 Å². The molecule has 25 heavy (non-hydrogen) atoms. The smallest absolute Gasteiger partial charge is 0.410 e. The normalized spacial score (nSPS) is 17.1. The van der Waals surface area contributed by atoms with Crippen LogP contribution in [0.25, 0.3) is 0 Å². The number of carbonyl (C=O) groups excluding carboxylic acids is 2. The van der Waals surface area contributed by atoms with Crippen molar-refractivity contribution in [3.63, 3.8) is 0 Å². The minimum absolute atomic E-state index is 0.0618. The van der Waals surface area contributed by atoms with Gasteiger partial charge in [0.15, 0.2) is 0 Å². The van der Waals surface area contributed by atoms with Crippen LogP contribution in [0.15, 0.2) is 30.3 Å². The zero-order valence-electron chi connectivity index (χ0n) is 15.7. The summed E-state index contributed by atoms with van der Waals surface area (Å²) in [5.74, 6) is 1.75. The van der Waals surface area contributed by atoms with Crippen LogP contribution in [0, 0.1) is 0 Å². The maximum absolute atomic E-state index is 12.8. The summed E-state index contributed by atoms with van der Waals surface area (Å²) in [5.41, 5.74) is -0.435. The molecule has 0 N–H and O–H groups in total. The molecule has 1 aliphatic heterocycles. The lowest BCUT2D eigenvalue weighted by Crippen LogP contribution is -2.49. The van der Waals surface area contributed by atoms with Crippen LogP contribution in [0.3, 0.4) is 0 Å². The van der Waals surface area contributed by atoms with Gasteiger partial charge >= 0.3 is 6.09 Å². The molecule has 1 heterocycles. The highest BCUT2D eigenvalue weighted by Gasteiger charge is 2.40. The van der Waals surface area contributed by atoms with Gasteiger partial charge < -0.3 is 14.5 Å². The first-order valence-electron chi connectivity index (χ1n) is 8.51. The molecule has 5 nitrogen and oxygen atoms in total. The SMILES string of the molecule is CN(C(=O)OC(C)(C)C)C(C)(CC(=O)N1CCSC1)c1ccccc1. The van der Waals surface area contributed by atoms with Gasteiger partial charge in [-0.25, -0.2) is 4.79 Å². The van der Waals surface area contributed by atoms with E-state index in [4.69, 9.17) is 4.74 Å². The van der Waals surface area contributed by atoms with Crippen molar-refractivity contribution in [2.45, 2.75) is 45.3 Å². The number of hydrogen-bond donors (Lipinski definition) is 0. The summed E-state index contributed by atoms with van der Waals surface area (Å²) in [6, 6.07) is 9.68. The molecule has 1 fully saturated rings. The second-order valence-electron chi connectivity index (χ2n) is 7.55. The van der Waals surface area contributed by atoms with Crippen LogP contribution in [0.1, 0.15) is 39.7 Å². The van der Waals surface area contributed by atoms with Gasteiger partial charge in [-0.05, 0) is 33.3 Å². The van der Waals surface area contributed by atoms with E-state index in [1.54, 1.807) is 23.7 Å². The summed E-state index contributed by atoms with van der Waals surface area (Å²) in [7, 11) is 1.70. The lowest BCUT2D eigenvalue weighted by atomic mass is 9.86. The van der Waals surface area contributed by atoms with Gasteiger partial charge in [-0.15, -0.1) is 11.8 Å². The first kappa shape index (κ1) is 19.6. The summed E-state index contributed by atoms with van der Waals surface area (Å²) in [6.45, 7) is 8.21. The Balaban J connectivity index is 2.28. The van der Waals surface area contributed by atoms with Crippen molar-refractivity contribution in [3.05, 3.63) is 35.9 Å². The highest BCUT2D eigenvalue weighted by atomic mass is 32.2. The standard InChI is InChI=1S/C19H28N2O3S/c1-18(2,3)24-17(23)20(5)19(4,15-9-7-6-8-10-15)13-16(22)21-11-12-25-14-21/h6-10H,11-14H2,1-5H3. The number of hydrogen-bond acceptors (Lipinski definition) is 4. The Morgan fingerprint density at radius 3 is 2.36 bits per heavy atom. The number of benzene rings is 1. The number of rotatable bonds is 4. The molecule has 0 aromatic heterocycles. The third-order valence-corrected chi connectivity index (χ3v) is 5.37. The van der Waals surface area contributed by atoms with Gasteiger partial charge in [-0.2, -0.15) is 0 Å². The Morgan fingerprint density at radius 2 is 1.84 bits per heavy atom. The predicted octanol–water partition coefficient (Wildman–Crippen LogP) is 3.69. The second-order valence-corrected chi connectivity index (χ2v) is 8.63. The summed E-state index contributed by atoms with van der Waals surface area (Å²) < 4.78 is 5.53. The van der Waals surface area contributed by atoms with Crippen LogP contribution in [-0.2, 0) is 15.1 Å². The minimum Gasteiger partial charge on any atom is -0.444 e. The zero-order chi connectivity index (χ0) is 18.7. The number of amides is 2. The second kappa shape index (κ2) is 7.68. The van der Waals surface area contributed by atoms with Gasteiger partial charge in [0.25, 0.3) is 0 Å². The molecular formula is C19H28N2O3S. The molecule has 1 saturated heterocycles. The monoisotopic (exact) mass is 364 g/mol. The zero-order valence-corrected chi connectivity index (χ0v) is 16.6. The Labute approximate surface area is 154 Å². The van der Waals surface area contributed by atoms with Gasteiger partial charge in [0, 0.05) is 19.3 Å². The van der Waals surface area contributed by atoms with Crippen molar-refractivity contribution < 1.29 is 14.3 Å². The van der Waals surface area contributed by atoms with E-state index in [2.05, 4.69) is 0 Å². The fraction of sp³-hybridized carbons (Fsp3) is 0.579. The third kappa shape index (κ3) is 4.91. The van der Waals surface area contributed by atoms with Crippen molar-refractivity contribution in [1.82, 2.24) is 9.80 Å². The molecule has 1 aromatic rings. The molecule has 1 atom stereocenters. The molecule has 0 spiro atoms. The largest absolute Gasteiger partial charge is 0.444 e. The van der Waals surface area contributed by atoms with Crippen LogP contribution in [-0.4, -0.2) is 52.6 Å². The van der Waals surface area contributed by atoms with E-state index in [1.165, 1.54) is 0 Å². The third-order valence-electron chi connectivity index (χ3n) is 4.40. The molecule has 1 unspecified atom stereocenters. The van der Waals surface area contributed by atoms with Crippen molar-refractivity contribution >= 4 is 23.8 Å². The van der Waals surface area contributed by atoms with Crippen molar-refractivity contribution in [2.24, 2.45) is 0 Å².